The second-order valence-electron chi connectivity index (χ2n) is 3.55. The maximum atomic E-state index is 11.7. The zero-order valence-corrected chi connectivity index (χ0v) is 10.5. The molecule has 0 aliphatic heterocycles. The lowest BCUT2D eigenvalue weighted by atomic mass is 10.0. The van der Waals surface area contributed by atoms with E-state index in [2.05, 4.69) is 0 Å². The smallest absolute Gasteiger partial charge is 0.338 e. The Morgan fingerprint density at radius 3 is 2.82 bits per heavy atom. The van der Waals surface area contributed by atoms with Crippen molar-refractivity contribution in [2.24, 2.45) is 0 Å². The van der Waals surface area contributed by atoms with Crippen LogP contribution in [0.15, 0.2) is 18.2 Å². The summed E-state index contributed by atoms with van der Waals surface area (Å²) in [5.41, 5.74) is 2.26. The molecular weight excluding hydrogens is 240 g/mol. The number of aryl methyl sites for hydroxylation is 1. The van der Waals surface area contributed by atoms with E-state index in [0.717, 1.165) is 17.4 Å². The first-order valence-electron chi connectivity index (χ1n) is 5.51. The minimum Gasteiger partial charge on any atom is -0.462 e. The van der Waals surface area contributed by atoms with Crippen LogP contribution in [-0.4, -0.2) is 18.9 Å². The van der Waals surface area contributed by atoms with E-state index in [1.807, 2.05) is 6.07 Å². The zero-order valence-electron chi connectivity index (χ0n) is 9.74. The van der Waals surface area contributed by atoms with Gasteiger partial charge in [0.1, 0.15) is 6.29 Å². The minimum absolute atomic E-state index is 0.337. The molecule has 1 rings (SSSR count). The van der Waals surface area contributed by atoms with Crippen LogP contribution in [0.5, 0.6) is 0 Å². The number of halogens is 1. The highest BCUT2D eigenvalue weighted by atomic mass is 35.5. The highest BCUT2D eigenvalue weighted by Crippen LogP contribution is 2.16. The molecule has 1 aromatic rings. The number of benzene rings is 1. The van der Waals surface area contributed by atoms with Gasteiger partial charge in [0, 0.05) is 12.3 Å². The minimum atomic E-state index is -0.352. The van der Waals surface area contributed by atoms with E-state index in [-0.39, 0.29) is 5.97 Å². The first kappa shape index (κ1) is 13.7. The van der Waals surface area contributed by atoms with Gasteiger partial charge in [-0.3, -0.25) is 0 Å². The number of hydrogen-bond donors (Lipinski definition) is 0. The molecule has 0 aliphatic carbocycles. The van der Waals surface area contributed by atoms with Crippen molar-refractivity contribution in [3.8, 4) is 0 Å². The first-order valence-corrected chi connectivity index (χ1v) is 6.04. The Balaban J connectivity index is 3.00. The van der Waals surface area contributed by atoms with Gasteiger partial charge in [-0.1, -0.05) is 12.1 Å². The Kier molecular flexibility index (Phi) is 5.70. The molecule has 0 saturated heterocycles. The van der Waals surface area contributed by atoms with E-state index in [9.17, 15) is 9.59 Å². The highest BCUT2D eigenvalue weighted by molar-refractivity contribution is 6.17. The van der Waals surface area contributed by atoms with Gasteiger partial charge in [-0.15, -0.1) is 11.6 Å². The first-order chi connectivity index (χ1) is 8.22. The predicted octanol–water partition coefficient (Wildman–Crippen LogP) is 2.73. The molecule has 0 heterocycles. The maximum Gasteiger partial charge on any atom is 0.338 e. The van der Waals surface area contributed by atoms with Crippen LogP contribution in [-0.2, 0) is 21.8 Å². The standard InChI is InChI=1S/C13H15ClO3/c1-2-17-13(16)12-6-5-10(9-14)8-11(12)4-3-7-15/h5-8H,2-4,9H2,1H3. The summed E-state index contributed by atoms with van der Waals surface area (Å²) in [4.78, 5) is 22.1. The fourth-order valence-corrected chi connectivity index (χ4v) is 1.73. The molecule has 0 spiro atoms. The van der Waals surface area contributed by atoms with Gasteiger partial charge in [0.25, 0.3) is 0 Å². The lowest BCUT2D eigenvalue weighted by molar-refractivity contribution is -0.107. The van der Waals surface area contributed by atoms with Crippen molar-refractivity contribution >= 4 is 23.9 Å². The van der Waals surface area contributed by atoms with Crippen molar-refractivity contribution in [3.63, 3.8) is 0 Å². The van der Waals surface area contributed by atoms with Crippen molar-refractivity contribution in [1.82, 2.24) is 0 Å². The molecule has 92 valence electrons. The molecule has 0 saturated carbocycles. The van der Waals surface area contributed by atoms with E-state index in [1.165, 1.54) is 0 Å². The van der Waals surface area contributed by atoms with Gasteiger partial charge in [0.05, 0.1) is 12.2 Å². The van der Waals surface area contributed by atoms with Crippen molar-refractivity contribution in [3.05, 3.63) is 34.9 Å². The Morgan fingerprint density at radius 2 is 2.24 bits per heavy atom. The van der Waals surface area contributed by atoms with Crippen LogP contribution in [0.3, 0.4) is 0 Å². The van der Waals surface area contributed by atoms with Gasteiger partial charge in [-0.2, -0.15) is 0 Å². The Hall–Kier alpha value is -1.35. The molecule has 0 bridgehead atoms. The molecule has 0 radical (unpaired) electrons. The van der Waals surface area contributed by atoms with Crippen LogP contribution in [0.2, 0.25) is 0 Å². The largest absolute Gasteiger partial charge is 0.462 e. The summed E-state index contributed by atoms with van der Waals surface area (Å²) in [5.74, 6) is 0.0338. The van der Waals surface area contributed by atoms with Gasteiger partial charge >= 0.3 is 5.97 Å². The fourth-order valence-electron chi connectivity index (χ4n) is 1.56. The summed E-state index contributed by atoms with van der Waals surface area (Å²) in [6, 6.07) is 5.35. The molecule has 17 heavy (non-hydrogen) atoms. The van der Waals surface area contributed by atoms with Crippen molar-refractivity contribution in [2.75, 3.05) is 6.61 Å². The fraction of sp³-hybridized carbons (Fsp3) is 0.385. The summed E-state index contributed by atoms with van der Waals surface area (Å²) in [7, 11) is 0. The van der Waals surface area contributed by atoms with Crippen LogP contribution in [0.4, 0.5) is 0 Å². The van der Waals surface area contributed by atoms with Crippen LogP contribution in [0.25, 0.3) is 0 Å². The third-order valence-electron chi connectivity index (χ3n) is 2.35. The van der Waals surface area contributed by atoms with Crippen molar-refractivity contribution < 1.29 is 14.3 Å². The third-order valence-corrected chi connectivity index (χ3v) is 2.66. The number of carbonyl (C=O) groups is 2. The zero-order chi connectivity index (χ0) is 12.7. The number of esters is 1. The average Bonchev–Trinajstić information content (AvgIpc) is 2.36. The molecular formula is C13H15ClO3. The second kappa shape index (κ2) is 7.07. The number of hydrogen-bond acceptors (Lipinski definition) is 3. The van der Waals surface area contributed by atoms with Crippen LogP contribution < -0.4 is 0 Å². The quantitative estimate of drug-likeness (QED) is 0.445. The molecule has 0 aliphatic rings. The highest BCUT2D eigenvalue weighted by Gasteiger charge is 2.12. The van der Waals surface area contributed by atoms with Crippen molar-refractivity contribution in [2.45, 2.75) is 25.6 Å². The Bertz CT molecular complexity index is 402. The van der Waals surface area contributed by atoms with Gasteiger partial charge in [0.2, 0.25) is 0 Å². The molecule has 0 fully saturated rings. The Labute approximate surface area is 106 Å². The lowest BCUT2D eigenvalue weighted by Gasteiger charge is -2.09. The topological polar surface area (TPSA) is 43.4 Å². The summed E-state index contributed by atoms with van der Waals surface area (Å²) < 4.78 is 4.96. The summed E-state index contributed by atoms with van der Waals surface area (Å²) in [5, 5.41) is 0. The molecule has 1 aromatic carbocycles. The maximum absolute atomic E-state index is 11.7. The SMILES string of the molecule is CCOC(=O)c1ccc(CCl)cc1CCC=O. The number of carbonyl (C=O) groups excluding carboxylic acids is 2. The summed E-state index contributed by atoms with van der Waals surface area (Å²) in [6.45, 7) is 2.10. The van der Waals surface area contributed by atoms with E-state index in [1.54, 1.807) is 19.1 Å². The second-order valence-corrected chi connectivity index (χ2v) is 3.82. The van der Waals surface area contributed by atoms with Gasteiger partial charge in [-0.05, 0) is 30.5 Å². The van der Waals surface area contributed by atoms with Crippen LogP contribution >= 0.6 is 11.6 Å². The molecule has 3 nitrogen and oxygen atoms in total. The molecule has 4 heteroatoms. The Morgan fingerprint density at radius 1 is 1.47 bits per heavy atom. The van der Waals surface area contributed by atoms with E-state index < -0.39 is 0 Å². The van der Waals surface area contributed by atoms with Crippen LogP contribution in [0, 0.1) is 0 Å². The predicted molar refractivity (Wildman–Crippen MR) is 66.3 cm³/mol. The molecule has 0 unspecified atom stereocenters. The monoisotopic (exact) mass is 254 g/mol. The average molecular weight is 255 g/mol. The van der Waals surface area contributed by atoms with Crippen LogP contribution in [0.1, 0.15) is 34.8 Å². The molecule has 0 atom stereocenters. The van der Waals surface area contributed by atoms with E-state index in [4.69, 9.17) is 16.3 Å². The van der Waals surface area contributed by atoms with Gasteiger partial charge in [-0.25, -0.2) is 4.79 Å². The number of aldehydes is 1. The molecule has 0 N–H and O–H groups in total. The molecule has 0 aromatic heterocycles. The summed E-state index contributed by atoms with van der Waals surface area (Å²) in [6.07, 6.45) is 1.75. The third kappa shape index (κ3) is 3.86. The number of ether oxygens (including phenoxy) is 1. The lowest BCUT2D eigenvalue weighted by Crippen LogP contribution is -2.08. The number of alkyl halides is 1. The van der Waals surface area contributed by atoms with Gasteiger partial charge in [0.15, 0.2) is 0 Å². The van der Waals surface area contributed by atoms with Gasteiger partial charge < -0.3 is 9.53 Å². The van der Waals surface area contributed by atoms with E-state index in [0.29, 0.717) is 30.9 Å². The van der Waals surface area contributed by atoms with Crippen molar-refractivity contribution in [1.29, 1.82) is 0 Å². The number of rotatable bonds is 6. The van der Waals surface area contributed by atoms with E-state index >= 15 is 0 Å². The normalized spacial score (nSPS) is 10.0. The summed E-state index contributed by atoms with van der Waals surface area (Å²) >= 11 is 5.74. The molecule has 0 amide bonds.